The molecule has 1 aromatic heterocycles. The molecule has 2 rings (SSSR count). The number of halogens is 2. The molecule has 1 heterocycles. The second-order valence-electron chi connectivity index (χ2n) is 5.06. The van der Waals surface area contributed by atoms with Crippen LogP contribution in [0.1, 0.15) is 19.8 Å². The standard InChI is InChI=1S/C15H18F2N4O2S2/c1-2-3-8-21-14(23)19-20-15(21)24-9-12(22)18-10-4-6-11(7-5-10)25-13(16)17/h4-7,13H,2-3,8-9H2,1H3,(H,18,22)(H,19,23). The summed E-state index contributed by atoms with van der Waals surface area (Å²) in [6, 6.07) is 6.18. The predicted molar refractivity (Wildman–Crippen MR) is 95.4 cm³/mol. The number of anilines is 1. The van der Waals surface area contributed by atoms with Gasteiger partial charge >= 0.3 is 5.69 Å². The van der Waals surface area contributed by atoms with Gasteiger partial charge in [0.15, 0.2) is 5.16 Å². The van der Waals surface area contributed by atoms with Gasteiger partial charge in [0.25, 0.3) is 5.76 Å². The highest BCUT2D eigenvalue weighted by atomic mass is 32.2. The van der Waals surface area contributed by atoms with Crippen LogP contribution in [0.3, 0.4) is 0 Å². The molecule has 10 heteroatoms. The molecule has 0 saturated carbocycles. The van der Waals surface area contributed by atoms with Crippen LogP contribution >= 0.6 is 23.5 Å². The van der Waals surface area contributed by atoms with Crippen LogP contribution in [-0.2, 0) is 11.3 Å². The van der Waals surface area contributed by atoms with Crippen LogP contribution < -0.4 is 11.0 Å². The Bertz CT molecular complexity index is 747. The Morgan fingerprint density at radius 1 is 1.36 bits per heavy atom. The average Bonchev–Trinajstić information content (AvgIpc) is 2.92. The van der Waals surface area contributed by atoms with Gasteiger partial charge in [-0.05, 0) is 30.7 Å². The third kappa shape index (κ3) is 6.20. The molecule has 0 aliphatic carbocycles. The molecule has 0 aliphatic rings. The number of hydrogen-bond acceptors (Lipinski definition) is 5. The number of amides is 1. The van der Waals surface area contributed by atoms with E-state index in [1.54, 1.807) is 12.1 Å². The van der Waals surface area contributed by atoms with Gasteiger partial charge in [-0.3, -0.25) is 9.36 Å². The molecular formula is C15H18F2N4O2S2. The molecule has 1 amide bonds. The summed E-state index contributed by atoms with van der Waals surface area (Å²) in [4.78, 5) is 24.1. The van der Waals surface area contributed by atoms with E-state index in [4.69, 9.17) is 0 Å². The highest BCUT2D eigenvalue weighted by Crippen LogP contribution is 2.26. The molecule has 0 saturated heterocycles. The molecule has 2 N–H and O–H groups in total. The predicted octanol–water partition coefficient (Wildman–Crippen LogP) is 3.42. The number of hydrogen-bond donors (Lipinski definition) is 2. The molecular weight excluding hydrogens is 370 g/mol. The van der Waals surface area contributed by atoms with Gasteiger partial charge in [0.1, 0.15) is 0 Å². The fourth-order valence-corrected chi connectivity index (χ4v) is 3.25. The van der Waals surface area contributed by atoms with Crippen molar-refractivity contribution < 1.29 is 13.6 Å². The number of rotatable bonds is 9. The fraction of sp³-hybridized carbons (Fsp3) is 0.400. The SMILES string of the molecule is CCCCn1c(SCC(=O)Nc2ccc(SC(F)F)cc2)n[nH]c1=O. The zero-order valence-corrected chi connectivity index (χ0v) is 15.1. The number of alkyl halides is 2. The number of nitrogens with one attached hydrogen (secondary N) is 2. The number of nitrogens with zero attached hydrogens (tertiary/aromatic N) is 2. The molecule has 1 aromatic carbocycles. The van der Waals surface area contributed by atoms with E-state index in [1.807, 2.05) is 6.92 Å². The lowest BCUT2D eigenvalue weighted by Crippen LogP contribution is -2.19. The zero-order valence-electron chi connectivity index (χ0n) is 13.5. The maximum absolute atomic E-state index is 12.3. The molecule has 0 radical (unpaired) electrons. The van der Waals surface area contributed by atoms with Gasteiger partial charge in [-0.15, -0.1) is 5.10 Å². The highest BCUT2D eigenvalue weighted by Gasteiger charge is 2.11. The van der Waals surface area contributed by atoms with Gasteiger partial charge in [-0.2, -0.15) is 8.78 Å². The van der Waals surface area contributed by atoms with Crippen molar-refractivity contribution in [1.82, 2.24) is 14.8 Å². The summed E-state index contributed by atoms with van der Waals surface area (Å²) >= 11 is 1.61. The maximum Gasteiger partial charge on any atom is 0.343 e. The summed E-state index contributed by atoms with van der Waals surface area (Å²) in [6.45, 7) is 2.58. The van der Waals surface area contributed by atoms with Gasteiger partial charge in [0.05, 0.1) is 5.75 Å². The molecule has 0 fully saturated rings. The van der Waals surface area contributed by atoms with Crippen LogP contribution in [0.15, 0.2) is 39.1 Å². The number of carbonyl (C=O) groups excluding carboxylic acids is 1. The lowest BCUT2D eigenvalue weighted by Gasteiger charge is -2.07. The molecule has 136 valence electrons. The summed E-state index contributed by atoms with van der Waals surface area (Å²) in [6.07, 6.45) is 1.80. The van der Waals surface area contributed by atoms with Crippen LogP contribution in [0.2, 0.25) is 0 Å². The van der Waals surface area contributed by atoms with E-state index in [0.717, 1.165) is 24.6 Å². The van der Waals surface area contributed by atoms with Crippen LogP contribution in [0.5, 0.6) is 0 Å². The third-order valence-electron chi connectivity index (χ3n) is 3.15. The molecule has 0 atom stereocenters. The van der Waals surface area contributed by atoms with E-state index >= 15 is 0 Å². The summed E-state index contributed by atoms with van der Waals surface area (Å²) in [5.74, 6) is -2.66. The van der Waals surface area contributed by atoms with Gasteiger partial charge in [0.2, 0.25) is 5.91 Å². The first-order chi connectivity index (χ1) is 12.0. The van der Waals surface area contributed by atoms with E-state index < -0.39 is 5.76 Å². The Kier molecular flexibility index (Phi) is 7.51. The molecule has 2 aromatic rings. The monoisotopic (exact) mass is 388 g/mol. The lowest BCUT2D eigenvalue weighted by atomic mass is 10.3. The normalized spacial score (nSPS) is 11.0. The number of aromatic nitrogens is 3. The number of aromatic amines is 1. The summed E-state index contributed by atoms with van der Waals surface area (Å²) < 4.78 is 26.0. The first-order valence-electron chi connectivity index (χ1n) is 7.62. The topological polar surface area (TPSA) is 79.8 Å². The van der Waals surface area contributed by atoms with E-state index in [0.29, 0.717) is 34.0 Å². The summed E-state index contributed by atoms with van der Waals surface area (Å²) in [7, 11) is 0. The molecule has 6 nitrogen and oxygen atoms in total. The van der Waals surface area contributed by atoms with Gasteiger partial charge in [-0.25, -0.2) is 9.89 Å². The summed E-state index contributed by atoms with van der Waals surface area (Å²) in [5.41, 5.74) is 0.234. The number of H-pyrrole nitrogens is 1. The van der Waals surface area contributed by atoms with E-state index in [9.17, 15) is 18.4 Å². The van der Waals surface area contributed by atoms with Crippen molar-refractivity contribution in [1.29, 1.82) is 0 Å². The van der Waals surface area contributed by atoms with Crippen LogP contribution in [0.25, 0.3) is 0 Å². The first kappa shape index (κ1) is 19.5. The minimum absolute atomic E-state index is 0.0873. The molecule has 0 spiro atoms. The Hall–Kier alpha value is -1.81. The number of thioether (sulfide) groups is 2. The van der Waals surface area contributed by atoms with Gasteiger partial charge in [-0.1, -0.05) is 36.9 Å². The van der Waals surface area contributed by atoms with Crippen molar-refractivity contribution >= 4 is 35.1 Å². The number of carbonyl (C=O) groups is 1. The quantitative estimate of drug-likeness (QED) is 0.644. The Balaban J connectivity index is 1.87. The fourth-order valence-electron chi connectivity index (χ4n) is 1.97. The second-order valence-corrected chi connectivity index (χ2v) is 7.06. The van der Waals surface area contributed by atoms with Crippen molar-refractivity contribution in [3.05, 3.63) is 34.7 Å². The number of benzene rings is 1. The second kappa shape index (κ2) is 9.62. The Morgan fingerprint density at radius 2 is 2.08 bits per heavy atom. The average molecular weight is 388 g/mol. The number of unbranched alkanes of at least 4 members (excludes halogenated alkanes) is 1. The molecule has 0 aliphatic heterocycles. The van der Waals surface area contributed by atoms with E-state index in [1.165, 1.54) is 16.7 Å². The van der Waals surface area contributed by atoms with Crippen molar-refractivity contribution in [2.24, 2.45) is 0 Å². The first-order valence-corrected chi connectivity index (χ1v) is 9.49. The Labute approximate surface area is 151 Å². The minimum atomic E-state index is -2.48. The van der Waals surface area contributed by atoms with E-state index in [-0.39, 0.29) is 17.3 Å². The van der Waals surface area contributed by atoms with Gasteiger partial charge in [0, 0.05) is 17.1 Å². The van der Waals surface area contributed by atoms with Gasteiger partial charge < -0.3 is 5.32 Å². The largest absolute Gasteiger partial charge is 0.343 e. The van der Waals surface area contributed by atoms with Crippen LogP contribution in [0, 0.1) is 0 Å². The maximum atomic E-state index is 12.3. The smallest absolute Gasteiger partial charge is 0.325 e. The van der Waals surface area contributed by atoms with Crippen LogP contribution in [-0.4, -0.2) is 32.2 Å². The molecule has 0 unspecified atom stereocenters. The van der Waals surface area contributed by atoms with Crippen molar-refractivity contribution in [3.8, 4) is 0 Å². The minimum Gasteiger partial charge on any atom is -0.325 e. The lowest BCUT2D eigenvalue weighted by molar-refractivity contribution is -0.113. The molecule has 25 heavy (non-hydrogen) atoms. The van der Waals surface area contributed by atoms with E-state index in [2.05, 4.69) is 15.5 Å². The third-order valence-corrected chi connectivity index (χ3v) is 4.85. The van der Waals surface area contributed by atoms with Crippen LogP contribution in [0.4, 0.5) is 14.5 Å². The zero-order chi connectivity index (χ0) is 18.2. The highest BCUT2D eigenvalue weighted by molar-refractivity contribution is 8.00. The summed E-state index contributed by atoms with van der Waals surface area (Å²) in [5, 5.41) is 9.45. The van der Waals surface area contributed by atoms with Crippen molar-refractivity contribution in [2.45, 2.75) is 42.1 Å². The Morgan fingerprint density at radius 3 is 2.72 bits per heavy atom. The molecule has 0 bridgehead atoms. The van der Waals surface area contributed by atoms with Crippen molar-refractivity contribution in [3.63, 3.8) is 0 Å². The van der Waals surface area contributed by atoms with Crippen molar-refractivity contribution in [2.75, 3.05) is 11.1 Å².